The number of carbonyl (C=O) groups excluding carboxylic acids is 1. The Labute approximate surface area is 148 Å². The Balaban J connectivity index is 1.83. The Hall–Kier alpha value is -2.16. The van der Waals surface area contributed by atoms with Crippen molar-refractivity contribution >= 4 is 11.9 Å². The molecular weight excluding hydrogens is 324 g/mol. The number of piperidine rings is 1. The average Bonchev–Trinajstić information content (AvgIpc) is 2.54. The number of nitrogens with two attached hydrogens (primary N) is 1. The van der Waals surface area contributed by atoms with Crippen molar-refractivity contribution in [3.05, 3.63) is 12.3 Å². The minimum absolute atomic E-state index is 0.271. The van der Waals surface area contributed by atoms with Gasteiger partial charge in [0, 0.05) is 19.7 Å². The number of aromatic nitrogens is 3. The molecule has 0 aromatic carbocycles. The van der Waals surface area contributed by atoms with E-state index in [1.54, 1.807) is 19.4 Å². The lowest BCUT2D eigenvalue weighted by Gasteiger charge is -2.37. The summed E-state index contributed by atoms with van der Waals surface area (Å²) in [7, 11) is 1.72. The molecule has 1 aliphatic rings. The molecule has 0 unspecified atom stereocenters. The minimum Gasteiger partial charge on any atom is -0.444 e. The zero-order valence-corrected chi connectivity index (χ0v) is 15.5. The largest absolute Gasteiger partial charge is 0.444 e. The van der Waals surface area contributed by atoms with Gasteiger partial charge in [-0.3, -0.25) is 0 Å². The molecule has 1 amide bonds. The maximum Gasteiger partial charge on any atom is 0.407 e. The smallest absolute Gasteiger partial charge is 0.407 e. The Bertz CT molecular complexity index is 581. The van der Waals surface area contributed by atoms with Crippen LogP contribution in [0, 0.1) is 0 Å². The standard InChI is InChI=1S/C16H28N6O3/c1-15(2,3)25-14(23)18-10-6-16(24-4)7-11-21(12-8-16)22-19-9-5-13(17)20-22/h5,9H,6-8,10-12H2,1-4H3,(H2-,17,18,19,20,23)/p+1. The molecule has 0 spiro atoms. The molecule has 0 radical (unpaired) electrons. The molecule has 0 bridgehead atoms. The van der Waals surface area contributed by atoms with Crippen molar-refractivity contribution < 1.29 is 19.2 Å². The van der Waals surface area contributed by atoms with Gasteiger partial charge in [-0.15, -0.1) is 5.01 Å². The van der Waals surface area contributed by atoms with Gasteiger partial charge in [-0.25, -0.2) is 4.79 Å². The number of carbonyl (C=O) groups is 1. The lowest BCUT2D eigenvalue weighted by atomic mass is 9.88. The highest BCUT2D eigenvalue weighted by Crippen LogP contribution is 2.27. The number of nitrogens with zero attached hydrogens (tertiary/aromatic N) is 4. The molecule has 0 aliphatic carbocycles. The van der Waals surface area contributed by atoms with E-state index in [-0.39, 0.29) is 5.60 Å². The van der Waals surface area contributed by atoms with E-state index >= 15 is 0 Å². The predicted octanol–water partition coefficient (Wildman–Crippen LogP) is 0.378. The Morgan fingerprint density at radius 1 is 1.44 bits per heavy atom. The Morgan fingerprint density at radius 3 is 2.68 bits per heavy atom. The van der Waals surface area contributed by atoms with Crippen LogP contribution in [-0.2, 0) is 9.47 Å². The quantitative estimate of drug-likeness (QED) is 0.737. The monoisotopic (exact) mass is 353 g/mol. The summed E-state index contributed by atoms with van der Waals surface area (Å²) in [4.78, 5) is 13.3. The fraction of sp³-hybridized carbons (Fsp3) is 0.750. The number of nitrogen functional groups attached to an aromatic ring is 1. The second-order valence-electron chi connectivity index (χ2n) is 7.24. The van der Waals surface area contributed by atoms with Gasteiger partial charge in [-0.2, -0.15) is 0 Å². The summed E-state index contributed by atoms with van der Waals surface area (Å²) in [5, 5.41) is 13.2. The van der Waals surface area contributed by atoms with Crippen molar-refractivity contribution in [2.45, 2.75) is 51.2 Å². The zero-order chi connectivity index (χ0) is 18.5. The summed E-state index contributed by atoms with van der Waals surface area (Å²) in [6.45, 7) is 7.52. The molecule has 1 saturated heterocycles. The molecule has 0 saturated carbocycles. The second-order valence-corrected chi connectivity index (χ2v) is 7.24. The van der Waals surface area contributed by atoms with E-state index in [4.69, 9.17) is 15.2 Å². The maximum atomic E-state index is 11.7. The summed E-state index contributed by atoms with van der Waals surface area (Å²) in [5.74, 6) is 0.431. The minimum atomic E-state index is -0.497. The van der Waals surface area contributed by atoms with Crippen LogP contribution in [0.15, 0.2) is 12.3 Å². The molecule has 1 fully saturated rings. The number of ether oxygens (including phenoxy) is 2. The number of anilines is 1. The number of methoxy groups -OCH3 is 1. The summed E-state index contributed by atoms with van der Waals surface area (Å²) in [6, 6.07) is 1.65. The molecule has 1 aliphatic heterocycles. The number of alkyl carbamates (subject to hydrolysis) is 1. The fourth-order valence-corrected chi connectivity index (χ4v) is 2.81. The fourth-order valence-electron chi connectivity index (χ4n) is 2.81. The van der Waals surface area contributed by atoms with Crippen LogP contribution in [0.25, 0.3) is 0 Å². The summed E-state index contributed by atoms with van der Waals surface area (Å²) in [6.07, 6.45) is 3.57. The normalized spacial score (nSPS) is 17.2. The first-order chi connectivity index (χ1) is 11.7. The van der Waals surface area contributed by atoms with E-state index < -0.39 is 11.7 Å². The van der Waals surface area contributed by atoms with Crippen molar-refractivity contribution in [1.29, 1.82) is 0 Å². The number of nitrogens with one attached hydrogen (secondary N) is 1. The van der Waals surface area contributed by atoms with Crippen LogP contribution in [0.1, 0.15) is 40.0 Å². The molecule has 2 heterocycles. The van der Waals surface area contributed by atoms with E-state index in [2.05, 4.69) is 15.5 Å². The van der Waals surface area contributed by atoms with Gasteiger partial charge in [0.05, 0.1) is 28.9 Å². The third kappa shape index (κ3) is 5.70. The van der Waals surface area contributed by atoms with E-state index in [0.717, 1.165) is 32.4 Å². The average molecular weight is 353 g/mol. The van der Waals surface area contributed by atoms with Crippen LogP contribution < -0.4 is 21.0 Å². The van der Waals surface area contributed by atoms with Gasteiger partial charge >= 0.3 is 6.09 Å². The van der Waals surface area contributed by atoms with Crippen LogP contribution in [0.4, 0.5) is 10.6 Å². The van der Waals surface area contributed by atoms with Gasteiger partial charge in [-0.1, -0.05) is 0 Å². The molecule has 140 valence electrons. The van der Waals surface area contributed by atoms with Crippen molar-refractivity contribution in [2.24, 2.45) is 0 Å². The summed E-state index contributed by atoms with van der Waals surface area (Å²) in [5.41, 5.74) is 4.94. The maximum absolute atomic E-state index is 11.7. The number of hydrogen-bond donors (Lipinski definition) is 2. The van der Waals surface area contributed by atoms with Gasteiger partial charge in [0.25, 0.3) is 0 Å². The van der Waals surface area contributed by atoms with Gasteiger partial charge in [0.2, 0.25) is 0 Å². The van der Waals surface area contributed by atoms with Crippen molar-refractivity contribution in [2.75, 3.05) is 37.5 Å². The van der Waals surface area contributed by atoms with Crippen LogP contribution in [0.3, 0.4) is 0 Å². The number of amides is 1. The molecule has 1 aromatic rings. The lowest BCUT2D eigenvalue weighted by Crippen LogP contribution is -2.67. The molecule has 25 heavy (non-hydrogen) atoms. The van der Waals surface area contributed by atoms with Crippen LogP contribution in [-0.4, -0.2) is 54.2 Å². The molecule has 2 rings (SSSR count). The third-order valence-electron chi connectivity index (χ3n) is 4.21. The predicted molar refractivity (Wildman–Crippen MR) is 92.4 cm³/mol. The van der Waals surface area contributed by atoms with Crippen molar-refractivity contribution in [3.63, 3.8) is 0 Å². The molecule has 9 heteroatoms. The van der Waals surface area contributed by atoms with Crippen molar-refractivity contribution in [3.8, 4) is 0 Å². The molecule has 1 aromatic heterocycles. The highest BCUT2D eigenvalue weighted by Gasteiger charge is 2.38. The van der Waals surface area contributed by atoms with Crippen LogP contribution in [0.2, 0.25) is 0 Å². The van der Waals surface area contributed by atoms with E-state index in [0.29, 0.717) is 12.4 Å². The van der Waals surface area contributed by atoms with Crippen molar-refractivity contribution in [1.82, 2.24) is 15.5 Å². The molecule has 3 N–H and O–H groups in total. The van der Waals surface area contributed by atoms with E-state index in [1.807, 2.05) is 25.8 Å². The van der Waals surface area contributed by atoms with E-state index in [1.165, 1.54) is 4.91 Å². The highest BCUT2D eigenvalue weighted by atomic mass is 16.6. The summed E-state index contributed by atoms with van der Waals surface area (Å²) < 4.78 is 11.0. The highest BCUT2D eigenvalue weighted by molar-refractivity contribution is 5.67. The number of rotatable bonds is 5. The molecular formula is C16H29N6O3+. The Kier molecular flexibility index (Phi) is 5.99. The van der Waals surface area contributed by atoms with Crippen LogP contribution >= 0.6 is 0 Å². The van der Waals surface area contributed by atoms with Gasteiger partial charge in [0.15, 0.2) is 10.7 Å². The topological polar surface area (TPSA) is 106 Å². The van der Waals surface area contributed by atoms with Gasteiger partial charge in [0.1, 0.15) is 11.8 Å². The Morgan fingerprint density at radius 2 is 2.12 bits per heavy atom. The molecule has 0 atom stereocenters. The first-order valence-corrected chi connectivity index (χ1v) is 8.51. The van der Waals surface area contributed by atoms with E-state index in [9.17, 15) is 4.79 Å². The third-order valence-corrected chi connectivity index (χ3v) is 4.21. The summed E-state index contributed by atoms with van der Waals surface area (Å²) >= 11 is 0. The lowest BCUT2D eigenvalue weighted by molar-refractivity contribution is -0.803. The van der Waals surface area contributed by atoms with Gasteiger partial charge < -0.3 is 20.5 Å². The van der Waals surface area contributed by atoms with Crippen LogP contribution in [0.5, 0.6) is 0 Å². The second kappa shape index (κ2) is 7.81. The zero-order valence-electron chi connectivity index (χ0n) is 15.5. The first-order valence-electron chi connectivity index (χ1n) is 8.51. The SMILES string of the molecule is COC1(CCNC(=O)OC(C)(C)C)CCN([n+]2nccc(N)n2)CC1. The first kappa shape index (κ1) is 19.2. The molecule has 9 nitrogen and oxygen atoms in total. The number of hydrogen-bond acceptors (Lipinski definition) is 7. The van der Waals surface area contributed by atoms with Gasteiger partial charge in [-0.05, 0) is 40.0 Å².